The van der Waals surface area contributed by atoms with E-state index in [4.69, 9.17) is 5.11 Å². The molecule has 0 bridgehead atoms. The van der Waals surface area contributed by atoms with Crippen LogP contribution in [0.1, 0.15) is 0 Å². The quantitative estimate of drug-likeness (QED) is 0.523. The van der Waals surface area contributed by atoms with Crippen LogP contribution in [0.25, 0.3) is 0 Å². The van der Waals surface area contributed by atoms with Crippen LogP contribution in [0.4, 0.5) is 4.79 Å². The monoisotopic (exact) mass is 141 g/mol. The van der Waals surface area contributed by atoms with Gasteiger partial charge in [0.05, 0.1) is 0 Å². The second kappa shape index (κ2) is 1.97. The third kappa shape index (κ3) is 5.18. The van der Waals surface area contributed by atoms with Crippen LogP contribution >= 0.6 is 0 Å². The van der Waals surface area contributed by atoms with Crippen molar-refractivity contribution in [1.82, 2.24) is 0 Å². The first kappa shape index (κ1) is 7.18. The molecule has 0 aromatic carbocycles. The van der Waals surface area contributed by atoms with Crippen LogP contribution in [0.3, 0.4) is 0 Å². The minimum absolute atomic E-state index is 2.12. The maximum atomic E-state index is 9.28. The van der Waals surface area contributed by atoms with Gasteiger partial charge in [0.25, 0.3) is 0 Å². The van der Waals surface area contributed by atoms with E-state index < -0.39 is 16.6 Å². The normalized spacial score (nSPS) is 10.6. The van der Waals surface area contributed by atoms with Crippen molar-refractivity contribution in [3.05, 3.63) is 0 Å². The van der Waals surface area contributed by atoms with Crippen LogP contribution in [0.2, 0.25) is 0 Å². The summed E-state index contributed by atoms with van der Waals surface area (Å²) < 4.78 is 30.6. The van der Waals surface area contributed by atoms with Gasteiger partial charge in [0, 0.05) is 0 Å². The van der Waals surface area contributed by atoms with Gasteiger partial charge >= 0.3 is 16.6 Å². The summed E-state index contributed by atoms with van der Waals surface area (Å²) in [5, 5.41) is 7.45. The Labute approximate surface area is 44.6 Å². The average Bonchev–Trinajstić information content (AvgIpc) is 1.21. The van der Waals surface area contributed by atoms with E-state index in [1.807, 2.05) is 0 Å². The molecule has 0 atom stereocenters. The van der Waals surface area contributed by atoms with Gasteiger partial charge in [0.2, 0.25) is 0 Å². The molecule has 0 aromatic heterocycles. The predicted molar refractivity (Wildman–Crippen MR) is 18.7 cm³/mol. The van der Waals surface area contributed by atoms with E-state index in [9.17, 15) is 17.8 Å². The first-order valence-electron chi connectivity index (χ1n) is 1.30. The molecule has 0 amide bonds. The average molecular weight is 141 g/mol. The molecule has 0 spiro atoms. The molecular formula is CHO6S. The third-order valence-corrected chi connectivity index (χ3v) is 0.520. The van der Waals surface area contributed by atoms with Crippen molar-refractivity contribution in [3.63, 3.8) is 0 Å². The van der Waals surface area contributed by atoms with Crippen molar-refractivity contribution < 1.29 is 27.1 Å². The molecule has 0 saturated carbocycles. The zero-order chi connectivity index (χ0) is 6.78. The first-order valence-corrected chi connectivity index (χ1v) is 2.63. The largest absolute Gasteiger partial charge is 0.523 e. The lowest BCUT2D eigenvalue weighted by molar-refractivity contribution is 0.138. The van der Waals surface area contributed by atoms with Crippen molar-refractivity contribution >= 4 is 16.6 Å². The van der Waals surface area contributed by atoms with Crippen LogP contribution < -0.4 is 0 Å². The molecule has 0 aliphatic heterocycles. The van der Waals surface area contributed by atoms with E-state index in [1.165, 1.54) is 0 Å². The maximum Gasteiger partial charge on any atom is 0.523 e. The van der Waals surface area contributed by atoms with Gasteiger partial charge in [-0.2, -0.15) is 8.42 Å². The molecular weight excluding hydrogens is 140 g/mol. The number of carbonyl (C=O) groups is 1. The first-order chi connectivity index (χ1) is 3.42. The Kier molecular flexibility index (Phi) is 1.77. The van der Waals surface area contributed by atoms with Crippen molar-refractivity contribution in [2.45, 2.75) is 0 Å². The zero-order valence-corrected chi connectivity index (χ0v) is 4.21. The molecule has 7 heteroatoms. The molecule has 47 valence electrons. The summed E-state index contributed by atoms with van der Waals surface area (Å²) in [5.41, 5.74) is 0. The summed E-state index contributed by atoms with van der Waals surface area (Å²) in [6.07, 6.45) is -2.12. The Balaban J connectivity index is 3.95. The Morgan fingerprint density at radius 2 is 1.88 bits per heavy atom. The lowest BCUT2D eigenvalue weighted by atomic mass is 11.5. The highest BCUT2D eigenvalue weighted by Gasteiger charge is 2.11. The molecule has 0 saturated heterocycles. The highest BCUT2D eigenvalue weighted by atomic mass is 32.3. The van der Waals surface area contributed by atoms with Gasteiger partial charge in [0.1, 0.15) is 0 Å². The highest BCUT2D eigenvalue weighted by Crippen LogP contribution is 1.85. The standard InChI is InChI=1S/CHO6S/c2-1(3)7-8(4,5)6/h(H,2,3). The molecule has 8 heavy (non-hydrogen) atoms. The minimum Gasteiger partial charge on any atom is -0.449 e. The summed E-state index contributed by atoms with van der Waals surface area (Å²) in [6.45, 7) is 0. The maximum absolute atomic E-state index is 9.28. The van der Waals surface area contributed by atoms with Gasteiger partial charge in [-0.3, -0.25) is 4.18 Å². The predicted octanol–water partition coefficient (Wildman–Crippen LogP) is -0.644. The van der Waals surface area contributed by atoms with Gasteiger partial charge in [0.15, 0.2) is 0 Å². The fourth-order valence-corrected chi connectivity index (χ4v) is 0.262. The summed E-state index contributed by atoms with van der Waals surface area (Å²) in [4.78, 5) is 9.21. The Morgan fingerprint density at radius 3 is 1.88 bits per heavy atom. The topological polar surface area (TPSA) is 101 Å². The van der Waals surface area contributed by atoms with Gasteiger partial charge in [-0.15, -0.1) is 0 Å². The summed E-state index contributed by atoms with van der Waals surface area (Å²) in [6, 6.07) is 0. The van der Waals surface area contributed by atoms with Crippen molar-refractivity contribution in [2.24, 2.45) is 0 Å². The molecule has 0 heterocycles. The third-order valence-electron chi connectivity index (χ3n) is 0.173. The zero-order valence-electron chi connectivity index (χ0n) is 3.40. The van der Waals surface area contributed by atoms with Crippen LogP contribution in [0.15, 0.2) is 0 Å². The van der Waals surface area contributed by atoms with Crippen LogP contribution in [-0.4, -0.2) is 19.7 Å². The van der Waals surface area contributed by atoms with Crippen molar-refractivity contribution in [1.29, 1.82) is 0 Å². The van der Waals surface area contributed by atoms with Gasteiger partial charge < -0.3 is 5.11 Å². The summed E-state index contributed by atoms with van der Waals surface area (Å²) in [7, 11) is -5.07. The second-order valence-electron chi connectivity index (χ2n) is 0.757. The fraction of sp³-hybridized carbons (Fsp3) is 0. The molecule has 0 aliphatic rings. The van der Waals surface area contributed by atoms with Gasteiger partial charge in [-0.05, 0) is 0 Å². The van der Waals surface area contributed by atoms with Gasteiger partial charge in [-0.1, -0.05) is 4.55 Å². The summed E-state index contributed by atoms with van der Waals surface area (Å²) in [5.74, 6) is 0. The van der Waals surface area contributed by atoms with Crippen LogP contribution in [-0.2, 0) is 19.1 Å². The molecule has 1 radical (unpaired) electrons. The smallest absolute Gasteiger partial charge is 0.449 e. The fourth-order valence-electron chi connectivity index (χ4n) is 0.0873. The number of rotatable bonds is 1. The highest BCUT2D eigenvalue weighted by molar-refractivity contribution is 7.81. The van der Waals surface area contributed by atoms with Crippen molar-refractivity contribution in [3.8, 4) is 0 Å². The number of carboxylic acid groups (broad SMARTS) is 1. The van der Waals surface area contributed by atoms with E-state index in [-0.39, 0.29) is 0 Å². The van der Waals surface area contributed by atoms with E-state index in [2.05, 4.69) is 4.18 Å². The van der Waals surface area contributed by atoms with E-state index >= 15 is 0 Å². The van der Waals surface area contributed by atoms with Gasteiger partial charge in [-0.25, -0.2) is 4.79 Å². The van der Waals surface area contributed by atoms with Crippen molar-refractivity contribution in [2.75, 3.05) is 0 Å². The Morgan fingerprint density at radius 1 is 1.50 bits per heavy atom. The molecule has 0 unspecified atom stereocenters. The van der Waals surface area contributed by atoms with E-state index in [1.54, 1.807) is 0 Å². The van der Waals surface area contributed by atoms with Crippen LogP contribution in [0.5, 0.6) is 0 Å². The second-order valence-corrected chi connectivity index (χ2v) is 1.74. The lowest BCUT2D eigenvalue weighted by Crippen LogP contribution is -2.07. The molecule has 6 nitrogen and oxygen atoms in total. The number of hydrogen-bond donors (Lipinski definition) is 1. The van der Waals surface area contributed by atoms with Crippen LogP contribution in [0, 0.1) is 0 Å². The number of hydrogen-bond acceptors (Lipinski definition) is 4. The molecule has 0 aromatic rings. The molecule has 1 N–H and O–H groups in total. The van der Waals surface area contributed by atoms with E-state index in [0.29, 0.717) is 0 Å². The Hall–Kier alpha value is -0.820. The minimum atomic E-state index is -5.07. The van der Waals surface area contributed by atoms with E-state index in [0.717, 1.165) is 0 Å². The molecule has 0 rings (SSSR count). The SMILES string of the molecule is [O]S(=O)(=O)OC(=O)O. The molecule has 0 fully saturated rings. The molecule has 0 aliphatic carbocycles. The lowest BCUT2D eigenvalue weighted by Gasteiger charge is -1.85. The summed E-state index contributed by atoms with van der Waals surface area (Å²) >= 11 is 0. The Bertz CT molecular complexity index is 175.